The fraction of sp³-hybridized carbons (Fsp3) is 0.500. The van der Waals surface area contributed by atoms with E-state index >= 15 is 0 Å². The van der Waals surface area contributed by atoms with E-state index in [0.717, 1.165) is 11.5 Å². The highest BCUT2D eigenvalue weighted by Crippen LogP contribution is 2.29. The van der Waals surface area contributed by atoms with Gasteiger partial charge in [0.15, 0.2) is 11.5 Å². The van der Waals surface area contributed by atoms with E-state index in [1.165, 1.54) is 5.56 Å². The Labute approximate surface area is 103 Å². The summed E-state index contributed by atoms with van der Waals surface area (Å²) in [6, 6.07) is 6.25. The molecule has 0 aliphatic rings. The number of benzene rings is 1. The van der Waals surface area contributed by atoms with Crippen LogP contribution in [-0.4, -0.2) is 13.2 Å². The number of hydrogen-bond acceptors (Lipinski definition) is 2. The van der Waals surface area contributed by atoms with Gasteiger partial charge in [-0.1, -0.05) is 0 Å². The van der Waals surface area contributed by atoms with Crippen LogP contribution in [0.3, 0.4) is 0 Å². The molecule has 0 amide bonds. The van der Waals surface area contributed by atoms with Gasteiger partial charge in [-0.25, -0.2) is 0 Å². The molecule has 0 aliphatic carbocycles. The molecule has 1 aromatic carbocycles. The highest BCUT2D eigenvalue weighted by Gasteiger charge is 2.09. The van der Waals surface area contributed by atoms with Crippen molar-refractivity contribution in [3.63, 3.8) is 0 Å². The molecule has 0 bridgehead atoms. The summed E-state index contributed by atoms with van der Waals surface area (Å²) in [5.41, 5.74) is 5.16. The van der Waals surface area contributed by atoms with Gasteiger partial charge in [-0.3, -0.25) is 0 Å². The van der Waals surface area contributed by atoms with Crippen LogP contribution >= 0.6 is 0 Å². The van der Waals surface area contributed by atoms with E-state index in [1.807, 2.05) is 32.0 Å². The third-order valence-corrected chi connectivity index (χ3v) is 2.14. The Kier molecular flexibility index (Phi) is 6.93. The van der Waals surface area contributed by atoms with Crippen molar-refractivity contribution in [3.05, 3.63) is 23.8 Å². The van der Waals surface area contributed by atoms with Crippen LogP contribution in [0, 0.1) is 0 Å². The molecule has 1 rings (SSSR count). The Morgan fingerprint density at radius 3 is 2.19 bits per heavy atom. The smallest absolute Gasteiger partial charge is 0.161 e. The molecule has 4 heteroatoms. The molecular formula is C12H20ClNO2. The SMILES string of the molecule is CCOc1ccc(C(C)[NH3+])cc1OCC.[Cl-]. The molecule has 3 N–H and O–H groups in total. The molecule has 0 saturated heterocycles. The molecule has 92 valence electrons. The summed E-state index contributed by atoms with van der Waals surface area (Å²) < 4.78 is 11.0. The highest BCUT2D eigenvalue weighted by molar-refractivity contribution is 5.43. The molecular weight excluding hydrogens is 226 g/mol. The van der Waals surface area contributed by atoms with Crippen LogP contribution < -0.4 is 27.6 Å². The monoisotopic (exact) mass is 245 g/mol. The van der Waals surface area contributed by atoms with Gasteiger partial charge in [0.25, 0.3) is 0 Å². The molecule has 1 aromatic rings. The second-order valence-corrected chi connectivity index (χ2v) is 3.47. The molecule has 3 nitrogen and oxygen atoms in total. The van der Waals surface area contributed by atoms with Crippen molar-refractivity contribution >= 4 is 0 Å². The number of quaternary nitrogens is 1. The lowest BCUT2D eigenvalue weighted by molar-refractivity contribution is -0.420. The van der Waals surface area contributed by atoms with E-state index in [0.29, 0.717) is 13.2 Å². The van der Waals surface area contributed by atoms with Crippen LogP contribution in [0.15, 0.2) is 18.2 Å². The summed E-state index contributed by atoms with van der Waals surface area (Å²) in [7, 11) is 0. The standard InChI is InChI=1S/C12H19NO2.ClH/c1-4-14-11-7-6-10(9(3)13)8-12(11)15-5-2;/h6-9H,4-5,13H2,1-3H3;1H. The molecule has 16 heavy (non-hydrogen) atoms. The normalized spacial score (nSPS) is 11.5. The third-order valence-electron chi connectivity index (χ3n) is 2.14. The molecule has 1 atom stereocenters. The third kappa shape index (κ3) is 3.91. The van der Waals surface area contributed by atoms with Crippen molar-refractivity contribution in [1.82, 2.24) is 0 Å². The largest absolute Gasteiger partial charge is 1.00 e. The first kappa shape index (κ1) is 15.1. The van der Waals surface area contributed by atoms with E-state index < -0.39 is 0 Å². The number of ether oxygens (including phenoxy) is 2. The van der Waals surface area contributed by atoms with E-state index in [4.69, 9.17) is 9.47 Å². The van der Waals surface area contributed by atoms with Crippen molar-refractivity contribution in [2.45, 2.75) is 26.8 Å². The van der Waals surface area contributed by atoms with Crippen molar-refractivity contribution in [3.8, 4) is 11.5 Å². The van der Waals surface area contributed by atoms with Gasteiger partial charge >= 0.3 is 0 Å². The fourth-order valence-corrected chi connectivity index (χ4v) is 1.37. The Morgan fingerprint density at radius 1 is 1.12 bits per heavy atom. The van der Waals surface area contributed by atoms with Gasteiger partial charge in [0, 0.05) is 5.56 Å². The average Bonchev–Trinajstić information content (AvgIpc) is 2.21. The van der Waals surface area contributed by atoms with Gasteiger partial charge in [-0.15, -0.1) is 0 Å². The van der Waals surface area contributed by atoms with Crippen molar-refractivity contribution in [2.75, 3.05) is 13.2 Å². The van der Waals surface area contributed by atoms with Gasteiger partial charge in [-0.05, 0) is 39.0 Å². The summed E-state index contributed by atoms with van der Waals surface area (Å²) in [5.74, 6) is 1.62. The predicted octanol–water partition coefficient (Wildman–Crippen LogP) is -1.21. The maximum atomic E-state index is 5.53. The summed E-state index contributed by atoms with van der Waals surface area (Å²) >= 11 is 0. The number of hydrogen-bond donors (Lipinski definition) is 1. The van der Waals surface area contributed by atoms with E-state index in [1.54, 1.807) is 0 Å². The lowest BCUT2D eigenvalue weighted by Gasteiger charge is -2.12. The fourth-order valence-electron chi connectivity index (χ4n) is 1.37. The van der Waals surface area contributed by atoms with Gasteiger partial charge in [0.2, 0.25) is 0 Å². The average molecular weight is 246 g/mol. The van der Waals surface area contributed by atoms with Crippen molar-refractivity contribution in [1.29, 1.82) is 0 Å². The first-order chi connectivity index (χ1) is 7.19. The summed E-state index contributed by atoms with van der Waals surface area (Å²) in [6.07, 6.45) is 0. The zero-order chi connectivity index (χ0) is 11.3. The minimum absolute atomic E-state index is 0. The van der Waals surface area contributed by atoms with Gasteiger partial charge in [0.1, 0.15) is 6.04 Å². The number of rotatable bonds is 5. The second-order valence-electron chi connectivity index (χ2n) is 3.47. The Balaban J connectivity index is 0.00000225. The topological polar surface area (TPSA) is 46.1 Å². The van der Waals surface area contributed by atoms with Crippen LogP contribution in [0.2, 0.25) is 0 Å². The molecule has 0 aromatic heterocycles. The lowest BCUT2D eigenvalue weighted by Crippen LogP contribution is -3.00. The first-order valence-electron chi connectivity index (χ1n) is 5.41. The van der Waals surface area contributed by atoms with Crippen LogP contribution in [-0.2, 0) is 0 Å². The zero-order valence-corrected chi connectivity index (χ0v) is 10.9. The van der Waals surface area contributed by atoms with Gasteiger partial charge in [0.05, 0.1) is 13.2 Å². The zero-order valence-electron chi connectivity index (χ0n) is 10.1. The van der Waals surface area contributed by atoms with Crippen LogP contribution in [0.25, 0.3) is 0 Å². The molecule has 0 heterocycles. The molecule has 0 fully saturated rings. The van der Waals surface area contributed by atoms with Gasteiger partial charge in [-0.2, -0.15) is 0 Å². The van der Waals surface area contributed by atoms with Crippen LogP contribution in [0.1, 0.15) is 32.4 Å². The minimum atomic E-state index is 0. The number of halogens is 1. The maximum absolute atomic E-state index is 5.53. The van der Waals surface area contributed by atoms with Crippen molar-refractivity contribution in [2.24, 2.45) is 0 Å². The molecule has 0 aliphatic heterocycles. The lowest BCUT2D eigenvalue weighted by atomic mass is 10.1. The van der Waals surface area contributed by atoms with Crippen molar-refractivity contribution < 1.29 is 27.6 Å². The summed E-state index contributed by atoms with van der Waals surface area (Å²) in [6.45, 7) is 7.30. The molecule has 0 radical (unpaired) electrons. The highest BCUT2D eigenvalue weighted by atomic mass is 35.5. The van der Waals surface area contributed by atoms with Crippen LogP contribution in [0.4, 0.5) is 0 Å². The maximum Gasteiger partial charge on any atom is 0.161 e. The van der Waals surface area contributed by atoms with Crippen LogP contribution in [0.5, 0.6) is 11.5 Å². The summed E-state index contributed by atoms with van der Waals surface area (Å²) in [4.78, 5) is 0. The molecule has 1 unspecified atom stereocenters. The Morgan fingerprint density at radius 2 is 1.69 bits per heavy atom. The first-order valence-corrected chi connectivity index (χ1v) is 5.41. The Hall–Kier alpha value is -0.930. The van der Waals surface area contributed by atoms with Gasteiger partial charge < -0.3 is 27.6 Å². The van der Waals surface area contributed by atoms with E-state index in [-0.39, 0.29) is 18.4 Å². The minimum Gasteiger partial charge on any atom is -1.00 e. The Bertz CT molecular complexity index is 316. The molecule has 0 spiro atoms. The quantitative estimate of drug-likeness (QED) is 0.708. The molecule has 0 saturated carbocycles. The van der Waals surface area contributed by atoms with E-state index in [2.05, 4.69) is 12.7 Å². The predicted molar refractivity (Wildman–Crippen MR) is 60.1 cm³/mol. The second kappa shape index (κ2) is 7.36. The summed E-state index contributed by atoms with van der Waals surface area (Å²) in [5, 5.41) is 0. The van der Waals surface area contributed by atoms with E-state index in [9.17, 15) is 0 Å².